The van der Waals surface area contributed by atoms with Gasteiger partial charge in [-0.05, 0) is 19.3 Å². The van der Waals surface area contributed by atoms with Crippen LogP contribution in [0.4, 0.5) is 0 Å². The van der Waals surface area contributed by atoms with Gasteiger partial charge in [-0.2, -0.15) is 17.4 Å². The molecular weight excluding hydrogens is 204 g/mol. The van der Waals surface area contributed by atoms with Gasteiger partial charge in [0.2, 0.25) is 0 Å². The van der Waals surface area contributed by atoms with E-state index in [1.165, 1.54) is 4.31 Å². The van der Waals surface area contributed by atoms with E-state index >= 15 is 0 Å². The molecule has 0 aromatic heterocycles. The summed E-state index contributed by atoms with van der Waals surface area (Å²) in [5, 5.41) is 8.74. The summed E-state index contributed by atoms with van der Waals surface area (Å²) in [6, 6.07) is 0.123. The highest BCUT2D eigenvalue weighted by Gasteiger charge is 2.30. The fourth-order valence-corrected chi connectivity index (χ4v) is 2.75. The van der Waals surface area contributed by atoms with Crippen molar-refractivity contribution in [1.82, 2.24) is 9.03 Å². The largest absolute Gasteiger partial charge is 0.395 e. The Labute approximate surface area is 85.3 Å². The van der Waals surface area contributed by atoms with Gasteiger partial charge in [0.05, 0.1) is 6.61 Å². The Morgan fingerprint density at radius 1 is 1.43 bits per heavy atom. The first-order valence-electron chi connectivity index (χ1n) is 4.98. The second-order valence-corrected chi connectivity index (χ2v) is 5.22. The summed E-state index contributed by atoms with van der Waals surface area (Å²) >= 11 is 0. The molecule has 1 aliphatic rings. The highest BCUT2D eigenvalue weighted by Crippen LogP contribution is 2.20. The number of aliphatic hydroxyl groups is 1. The Morgan fingerprint density at radius 3 is 2.50 bits per heavy atom. The minimum Gasteiger partial charge on any atom is -0.395 e. The molecule has 0 atom stereocenters. The van der Waals surface area contributed by atoms with E-state index in [1.54, 1.807) is 0 Å². The standard InChI is InChI=1S/C8H18N2O3S/c1-2-5-10(6-7-11)14(12,13)9-8-3-4-8/h8-9,11H,2-7H2,1H3. The summed E-state index contributed by atoms with van der Waals surface area (Å²) in [5.74, 6) is 0. The lowest BCUT2D eigenvalue weighted by Gasteiger charge is -2.20. The van der Waals surface area contributed by atoms with Crippen LogP contribution in [-0.4, -0.2) is 43.6 Å². The van der Waals surface area contributed by atoms with Crippen molar-refractivity contribution in [3.63, 3.8) is 0 Å². The summed E-state index contributed by atoms with van der Waals surface area (Å²) in [5.41, 5.74) is 0. The molecule has 0 amide bonds. The van der Waals surface area contributed by atoms with Crippen molar-refractivity contribution in [2.75, 3.05) is 19.7 Å². The molecule has 0 aliphatic heterocycles. The van der Waals surface area contributed by atoms with E-state index in [-0.39, 0.29) is 19.2 Å². The van der Waals surface area contributed by atoms with Crippen molar-refractivity contribution < 1.29 is 13.5 Å². The molecule has 0 aromatic carbocycles. The predicted molar refractivity (Wildman–Crippen MR) is 54.0 cm³/mol. The van der Waals surface area contributed by atoms with E-state index in [1.807, 2.05) is 6.92 Å². The zero-order chi connectivity index (χ0) is 10.6. The maximum Gasteiger partial charge on any atom is 0.279 e. The number of rotatable bonds is 7. The molecule has 0 radical (unpaired) electrons. The van der Waals surface area contributed by atoms with Crippen LogP contribution >= 0.6 is 0 Å². The van der Waals surface area contributed by atoms with Crippen LogP contribution in [0.2, 0.25) is 0 Å². The molecular formula is C8H18N2O3S. The molecule has 1 rings (SSSR count). The molecule has 0 bridgehead atoms. The smallest absolute Gasteiger partial charge is 0.279 e. The van der Waals surface area contributed by atoms with Gasteiger partial charge in [0.1, 0.15) is 0 Å². The molecule has 0 spiro atoms. The first kappa shape index (κ1) is 11.9. The van der Waals surface area contributed by atoms with Gasteiger partial charge >= 0.3 is 0 Å². The first-order chi connectivity index (χ1) is 6.60. The van der Waals surface area contributed by atoms with Crippen molar-refractivity contribution in [3.05, 3.63) is 0 Å². The molecule has 0 saturated heterocycles. The van der Waals surface area contributed by atoms with Crippen LogP contribution in [0.3, 0.4) is 0 Å². The van der Waals surface area contributed by atoms with Crippen molar-refractivity contribution in [3.8, 4) is 0 Å². The second kappa shape index (κ2) is 5.06. The van der Waals surface area contributed by atoms with Gasteiger partial charge < -0.3 is 5.11 Å². The Balaban J connectivity index is 2.53. The van der Waals surface area contributed by atoms with Gasteiger partial charge in [0, 0.05) is 19.1 Å². The van der Waals surface area contributed by atoms with Gasteiger partial charge in [0.15, 0.2) is 0 Å². The highest BCUT2D eigenvalue weighted by atomic mass is 32.2. The fourth-order valence-electron chi connectivity index (χ4n) is 1.20. The summed E-state index contributed by atoms with van der Waals surface area (Å²) in [6.07, 6.45) is 2.61. The van der Waals surface area contributed by atoms with Gasteiger partial charge in [-0.25, -0.2) is 0 Å². The maximum atomic E-state index is 11.7. The topological polar surface area (TPSA) is 69.6 Å². The molecule has 6 heteroatoms. The lowest BCUT2D eigenvalue weighted by molar-refractivity contribution is 0.252. The number of nitrogens with one attached hydrogen (secondary N) is 1. The van der Waals surface area contributed by atoms with Crippen LogP contribution in [0.1, 0.15) is 26.2 Å². The Hall–Kier alpha value is -0.170. The molecule has 0 heterocycles. The van der Waals surface area contributed by atoms with Crippen molar-refractivity contribution in [1.29, 1.82) is 0 Å². The van der Waals surface area contributed by atoms with Crippen LogP contribution in [-0.2, 0) is 10.2 Å². The van der Waals surface area contributed by atoms with Crippen LogP contribution < -0.4 is 4.72 Å². The predicted octanol–water partition coefficient (Wildman–Crippen LogP) is -0.313. The number of nitrogens with zero attached hydrogens (tertiary/aromatic N) is 1. The third-order valence-corrected chi connectivity index (χ3v) is 3.73. The molecule has 2 N–H and O–H groups in total. The molecule has 14 heavy (non-hydrogen) atoms. The summed E-state index contributed by atoms with van der Waals surface area (Å²) in [6.45, 7) is 2.42. The van der Waals surface area contributed by atoms with Crippen molar-refractivity contribution in [2.45, 2.75) is 32.2 Å². The quantitative estimate of drug-likeness (QED) is 0.620. The molecule has 0 aromatic rings. The van der Waals surface area contributed by atoms with E-state index in [2.05, 4.69) is 4.72 Å². The third kappa shape index (κ3) is 3.53. The Bertz CT molecular complexity index is 256. The van der Waals surface area contributed by atoms with E-state index < -0.39 is 10.2 Å². The van der Waals surface area contributed by atoms with Crippen LogP contribution in [0.5, 0.6) is 0 Å². The lowest BCUT2D eigenvalue weighted by atomic mass is 10.5. The minimum atomic E-state index is -3.36. The number of aliphatic hydroxyl groups excluding tert-OH is 1. The Kier molecular flexibility index (Phi) is 4.31. The minimum absolute atomic E-state index is 0.123. The zero-order valence-corrected chi connectivity index (χ0v) is 9.26. The first-order valence-corrected chi connectivity index (χ1v) is 6.42. The van der Waals surface area contributed by atoms with Gasteiger partial charge in [-0.15, -0.1) is 0 Å². The molecule has 0 unspecified atom stereocenters. The van der Waals surface area contributed by atoms with Crippen molar-refractivity contribution in [2.24, 2.45) is 0 Å². The normalized spacial score (nSPS) is 17.6. The molecule has 84 valence electrons. The average Bonchev–Trinajstić information content (AvgIpc) is 2.87. The molecule has 1 saturated carbocycles. The lowest BCUT2D eigenvalue weighted by Crippen LogP contribution is -2.43. The summed E-state index contributed by atoms with van der Waals surface area (Å²) in [7, 11) is -3.36. The van der Waals surface area contributed by atoms with Crippen LogP contribution in [0, 0.1) is 0 Å². The summed E-state index contributed by atoms with van der Waals surface area (Å²) in [4.78, 5) is 0. The highest BCUT2D eigenvalue weighted by molar-refractivity contribution is 7.87. The Morgan fingerprint density at radius 2 is 2.07 bits per heavy atom. The van der Waals surface area contributed by atoms with Gasteiger partial charge in [-0.3, -0.25) is 0 Å². The molecule has 5 nitrogen and oxygen atoms in total. The number of hydrogen-bond acceptors (Lipinski definition) is 3. The van der Waals surface area contributed by atoms with Crippen LogP contribution in [0.25, 0.3) is 0 Å². The van der Waals surface area contributed by atoms with E-state index in [0.29, 0.717) is 6.54 Å². The maximum absolute atomic E-state index is 11.7. The molecule has 1 fully saturated rings. The SMILES string of the molecule is CCCN(CCO)S(=O)(=O)NC1CC1. The monoisotopic (exact) mass is 222 g/mol. The van der Waals surface area contributed by atoms with E-state index in [9.17, 15) is 8.42 Å². The number of hydrogen-bond donors (Lipinski definition) is 2. The average molecular weight is 222 g/mol. The fraction of sp³-hybridized carbons (Fsp3) is 1.00. The second-order valence-electron chi connectivity index (χ2n) is 3.52. The van der Waals surface area contributed by atoms with Gasteiger partial charge in [0.25, 0.3) is 10.2 Å². The summed E-state index contributed by atoms with van der Waals surface area (Å²) < 4.78 is 27.2. The van der Waals surface area contributed by atoms with Crippen molar-refractivity contribution >= 4 is 10.2 Å². The molecule has 1 aliphatic carbocycles. The zero-order valence-electron chi connectivity index (χ0n) is 8.44. The van der Waals surface area contributed by atoms with Gasteiger partial charge in [-0.1, -0.05) is 6.92 Å². The third-order valence-electron chi connectivity index (χ3n) is 2.06. The van der Waals surface area contributed by atoms with Crippen LogP contribution in [0.15, 0.2) is 0 Å². The van der Waals surface area contributed by atoms with E-state index in [4.69, 9.17) is 5.11 Å². The van der Waals surface area contributed by atoms with E-state index in [0.717, 1.165) is 19.3 Å².